The molecule has 1 amide bonds. The minimum absolute atomic E-state index is 0.0617. The summed E-state index contributed by atoms with van der Waals surface area (Å²) in [5, 5.41) is 0. The molecule has 1 atom stereocenters. The molecule has 1 saturated carbocycles. The molecule has 2 aliphatic rings. The molecule has 0 radical (unpaired) electrons. The first-order valence-electron chi connectivity index (χ1n) is 7.83. The van der Waals surface area contributed by atoms with Crippen LogP contribution in [0.25, 0.3) is 0 Å². The summed E-state index contributed by atoms with van der Waals surface area (Å²) in [6.07, 6.45) is 3.23. The van der Waals surface area contributed by atoms with Gasteiger partial charge in [-0.3, -0.25) is 4.79 Å². The van der Waals surface area contributed by atoms with Crippen molar-refractivity contribution in [3.63, 3.8) is 0 Å². The van der Waals surface area contributed by atoms with Crippen LogP contribution < -0.4 is 9.47 Å². The predicted octanol–water partition coefficient (Wildman–Crippen LogP) is 2.34. The quantitative estimate of drug-likeness (QED) is 0.809. The molecule has 22 heavy (non-hydrogen) atoms. The molecule has 0 bridgehead atoms. The molecule has 1 aromatic rings. The van der Waals surface area contributed by atoms with Crippen LogP contribution in [0, 0.1) is 5.92 Å². The number of nitrogens with zero attached hydrogens (tertiary/aromatic N) is 1. The first kappa shape index (κ1) is 15.2. The number of hydrogen-bond donors (Lipinski definition) is 0. The van der Waals surface area contributed by atoms with Gasteiger partial charge in [-0.2, -0.15) is 0 Å². The molecule has 1 unspecified atom stereocenters. The maximum absolute atomic E-state index is 12.9. The van der Waals surface area contributed by atoms with E-state index >= 15 is 0 Å². The van der Waals surface area contributed by atoms with Gasteiger partial charge in [0.2, 0.25) is 0 Å². The van der Waals surface area contributed by atoms with Gasteiger partial charge in [0.25, 0.3) is 5.91 Å². The lowest BCUT2D eigenvalue weighted by Crippen LogP contribution is -2.37. The molecule has 1 aromatic carbocycles. The van der Waals surface area contributed by atoms with E-state index in [1.165, 1.54) is 0 Å². The third-order valence-electron chi connectivity index (χ3n) is 4.33. The van der Waals surface area contributed by atoms with Gasteiger partial charge >= 0.3 is 0 Å². The summed E-state index contributed by atoms with van der Waals surface area (Å²) in [5.74, 6) is 1.80. The van der Waals surface area contributed by atoms with Crippen LogP contribution in [0.3, 0.4) is 0 Å². The molecule has 1 aliphatic heterocycles. The molecule has 5 heteroatoms. The van der Waals surface area contributed by atoms with Crippen molar-refractivity contribution in [3.8, 4) is 11.5 Å². The van der Waals surface area contributed by atoms with E-state index in [1.807, 2.05) is 4.90 Å². The highest BCUT2D eigenvalue weighted by atomic mass is 16.5. The van der Waals surface area contributed by atoms with Crippen LogP contribution in [0.1, 0.15) is 29.6 Å². The van der Waals surface area contributed by atoms with Gasteiger partial charge in [0.1, 0.15) is 11.5 Å². The Bertz CT molecular complexity index is 513. The van der Waals surface area contributed by atoms with Crippen molar-refractivity contribution in [2.24, 2.45) is 5.92 Å². The van der Waals surface area contributed by atoms with Crippen molar-refractivity contribution in [1.29, 1.82) is 0 Å². The maximum Gasteiger partial charge on any atom is 0.254 e. The average molecular weight is 305 g/mol. The van der Waals surface area contributed by atoms with E-state index in [9.17, 15) is 4.79 Å². The highest BCUT2D eigenvalue weighted by Crippen LogP contribution is 2.32. The lowest BCUT2D eigenvalue weighted by Gasteiger charge is -2.25. The zero-order valence-corrected chi connectivity index (χ0v) is 13.2. The number of methoxy groups -OCH3 is 2. The van der Waals surface area contributed by atoms with Crippen LogP contribution in [0.15, 0.2) is 18.2 Å². The fraction of sp³-hybridized carbons (Fsp3) is 0.588. The van der Waals surface area contributed by atoms with E-state index < -0.39 is 0 Å². The van der Waals surface area contributed by atoms with Gasteiger partial charge in [0, 0.05) is 36.7 Å². The Morgan fingerprint density at radius 2 is 1.86 bits per heavy atom. The molecule has 0 spiro atoms. The first-order valence-corrected chi connectivity index (χ1v) is 7.83. The second-order valence-corrected chi connectivity index (χ2v) is 6.02. The number of rotatable bonds is 6. The number of carbonyl (C=O) groups excluding carboxylic acids is 1. The molecule has 1 heterocycles. The summed E-state index contributed by atoms with van der Waals surface area (Å²) < 4.78 is 16.0. The zero-order valence-electron chi connectivity index (χ0n) is 13.2. The molecule has 0 aromatic heterocycles. The summed E-state index contributed by atoms with van der Waals surface area (Å²) >= 11 is 0. The lowest BCUT2D eigenvalue weighted by atomic mass is 10.1. The van der Waals surface area contributed by atoms with Crippen molar-refractivity contribution >= 4 is 5.91 Å². The summed E-state index contributed by atoms with van der Waals surface area (Å²) in [5.41, 5.74) is 0.627. The summed E-state index contributed by atoms with van der Waals surface area (Å²) in [6.45, 7) is 2.35. The van der Waals surface area contributed by atoms with Crippen LogP contribution in [0.2, 0.25) is 0 Å². The monoisotopic (exact) mass is 305 g/mol. The van der Waals surface area contributed by atoms with E-state index in [2.05, 4.69) is 0 Å². The Morgan fingerprint density at radius 3 is 2.36 bits per heavy atom. The van der Waals surface area contributed by atoms with Gasteiger partial charge in [-0.1, -0.05) is 0 Å². The molecule has 3 rings (SSSR count). The molecule has 1 saturated heterocycles. The van der Waals surface area contributed by atoms with Crippen molar-refractivity contribution < 1.29 is 19.0 Å². The molecular weight excluding hydrogens is 282 g/mol. The van der Waals surface area contributed by atoms with E-state index in [4.69, 9.17) is 14.2 Å². The molecule has 0 N–H and O–H groups in total. The highest BCUT2D eigenvalue weighted by Gasteiger charge is 2.35. The number of amides is 1. The lowest BCUT2D eigenvalue weighted by molar-refractivity contribution is 0.0705. The standard InChI is InChI=1S/C17H23NO4/c1-20-15-7-13(8-16(9-15)21-2)17(19)18(14-3-4-14)10-12-5-6-22-11-12/h7-9,12,14H,3-6,10-11H2,1-2H3. The SMILES string of the molecule is COc1cc(OC)cc(C(=O)N(CC2CCOC2)C2CC2)c1. The molecular formula is C17H23NO4. The van der Waals surface area contributed by atoms with Gasteiger partial charge < -0.3 is 19.1 Å². The Labute approximate surface area is 131 Å². The van der Waals surface area contributed by atoms with E-state index in [1.54, 1.807) is 32.4 Å². The van der Waals surface area contributed by atoms with Crippen LogP contribution in [-0.4, -0.2) is 50.8 Å². The van der Waals surface area contributed by atoms with E-state index in [-0.39, 0.29) is 5.91 Å². The van der Waals surface area contributed by atoms with Crippen LogP contribution >= 0.6 is 0 Å². The van der Waals surface area contributed by atoms with E-state index in [0.29, 0.717) is 29.0 Å². The fourth-order valence-electron chi connectivity index (χ4n) is 2.89. The minimum Gasteiger partial charge on any atom is -0.497 e. The van der Waals surface area contributed by atoms with Gasteiger partial charge in [0.15, 0.2) is 0 Å². The molecule has 5 nitrogen and oxygen atoms in total. The summed E-state index contributed by atoms with van der Waals surface area (Å²) in [4.78, 5) is 14.9. The topological polar surface area (TPSA) is 48.0 Å². The van der Waals surface area contributed by atoms with Gasteiger partial charge in [-0.05, 0) is 31.4 Å². The largest absolute Gasteiger partial charge is 0.497 e. The molecule has 1 aliphatic carbocycles. The third-order valence-corrected chi connectivity index (χ3v) is 4.33. The molecule has 120 valence electrons. The second kappa shape index (κ2) is 6.57. The van der Waals surface area contributed by atoms with Gasteiger partial charge in [-0.25, -0.2) is 0 Å². The van der Waals surface area contributed by atoms with Crippen molar-refractivity contribution in [2.75, 3.05) is 34.0 Å². The van der Waals surface area contributed by atoms with Crippen molar-refractivity contribution in [2.45, 2.75) is 25.3 Å². The molecule has 2 fully saturated rings. The zero-order chi connectivity index (χ0) is 15.5. The summed E-state index contributed by atoms with van der Waals surface area (Å²) in [6, 6.07) is 5.73. The Morgan fingerprint density at radius 1 is 1.18 bits per heavy atom. The smallest absolute Gasteiger partial charge is 0.254 e. The normalized spacial score (nSPS) is 20.7. The maximum atomic E-state index is 12.9. The fourth-order valence-corrected chi connectivity index (χ4v) is 2.89. The van der Waals surface area contributed by atoms with Gasteiger partial charge in [0.05, 0.1) is 20.8 Å². The summed E-state index contributed by atoms with van der Waals surface area (Å²) in [7, 11) is 3.19. The number of carbonyl (C=O) groups is 1. The van der Waals surface area contributed by atoms with E-state index in [0.717, 1.165) is 39.0 Å². The Balaban J connectivity index is 1.80. The number of benzene rings is 1. The van der Waals surface area contributed by atoms with Gasteiger partial charge in [-0.15, -0.1) is 0 Å². The third kappa shape index (κ3) is 3.35. The van der Waals surface area contributed by atoms with Crippen molar-refractivity contribution in [3.05, 3.63) is 23.8 Å². The van der Waals surface area contributed by atoms with Crippen LogP contribution in [0.4, 0.5) is 0 Å². The second-order valence-electron chi connectivity index (χ2n) is 6.02. The Hall–Kier alpha value is -1.75. The highest BCUT2D eigenvalue weighted by molar-refractivity contribution is 5.95. The minimum atomic E-state index is 0.0617. The van der Waals surface area contributed by atoms with Crippen molar-refractivity contribution in [1.82, 2.24) is 4.90 Å². The predicted molar refractivity (Wildman–Crippen MR) is 82.5 cm³/mol. The number of ether oxygens (including phenoxy) is 3. The van der Waals surface area contributed by atoms with Crippen LogP contribution in [0.5, 0.6) is 11.5 Å². The van der Waals surface area contributed by atoms with Crippen LogP contribution in [-0.2, 0) is 4.74 Å². The average Bonchev–Trinajstić information content (AvgIpc) is 3.27. The number of hydrogen-bond acceptors (Lipinski definition) is 4. The first-order chi connectivity index (χ1) is 10.7. The Kier molecular flexibility index (Phi) is 4.52.